The van der Waals surface area contributed by atoms with Crippen LogP contribution in [0.1, 0.15) is 18.4 Å². The molecule has 1 saturated heterocycles. The molecule has 0 saturated carbocycles. The zero-order valence-corrected chi connectivity index (χ0v) is 11.9. The second-order valence-electron chi connectivity index (χ2n) is 4.99. The highest BCUT2D eigenvalue weighted by Crippen LogP contribution is 2.18. The minimum Gasteiger partial charge on any atom is -0.393 e. The summed E-state index contributed by atoms with van der Waals surface area (Å²) in [7, 11) is 0. The molecule has 102 valence electrons. The highest BCUT2D eigenvalue weighted by Gasteiger charge is 2.25. The largest absolute Gasteiger partial charge is 0.393 e. The second-order valence-corrected chi connectivity index (χ2v) is 5.46. The quantitative estimate of drug-likeness (QED) is 0.817. The Morgan fingerprint density at radius 2 is 2.32 bits per heavy atom. The number of aryl methyl sites for hydroxylation is 1. The van der Waals surface area contributed by atoms with E-state index in [0.29, 0.717) is 11.5 Å². The molecule has 0 aromatic heterocycles. The maximum Gasteiger partial charge on any atom is 0.321 e. The maximum atomic E-state index is 12.2. The van der Waals surface area contributed by atoms with Crippen molar-refractivity contribution in [1.82, 2.24) is 4.90 Å². The summed E-state index contributed by atoms with van der Waals surface area (Å²) in [5, 5.41) is 2.91. The molecule has 4 nitrogen and oxygen atoms in total. The molecule has 2 rings (SSSR count). The van der Waals surface area contributed by atoms with Gasteiger partial charge in [0.05, 0.1) is 4.99 Å². The van der Waals surface area contributed by atoms with Gasteiger partial charge < -0.3 is 16.0 Å². The molecule has 1 aliphatic heterocycles. The molecular formula is C14H19N3OS. The molecule has 1 aliphatic rings. The van der Waals surface area contributed by atoms with Gasteiger partial charge in [-0.05, 0) is 37.5 Å². The van der Waals surface area contributed by atoms with Crippen LogP contribution in [0, 0.1) is 12.8 Å². The molecule has 2 amide bonds. The fourth-order valence-corrected chi connectivity index (χ4v) is 2.51. The molecular weight excluding hydrogens is 258 g/mol. The topological polar surface area (TPSA) is 58.4 Å². The number of thiocarbonyl (C=S) groups is 1. The summed E-state index contributed by atoms with van der Waals surface area (Å²) in [5.41, 5.74) is 7.62. The number of hydrogen-bond donors (Lipinski definition) is 2. The predicted molar refractivity (Wildman–Crippen MR) is 81.3 cm³/mol. The van der Waals surface area contributed by atoms with Crippen LogP contribution in [-0.2, 0) is 0 Å². The van der Waals surface area contributed by atoms with Crippen LogP contribution in [0.4, 0.5) is 10.5 Å². The fourth-order valence-electron chi connectivity index (χ4n) is 2.32. The molecule has 1 unspecified atom stereocenters. The third-order valence-electron chi connectivity index (χ3n) is 3.38. The molecule has 0 aliphatic carbocycles. The zero-order chi connectivity index (χ0) is 13.8. The van der Waals surface area contributed by atoms with E-state index in [1.165, 1.54) is 0 Å². The number of likely N-dealkylation sites (tertiary alicyclic amines) is 1. The number of urea groups is 1. The van der Waals surface area contributed by atoms with Gasteiger partial charge in [0.15, 0.2) is 0 Å². The van der Waals surface area contributed by atoms with Gasteiger partial charge in [0.1, 0.15) is 0 Å². The summed E-state index contributed by atoms with van der Waals surface area (Å²) in [6, 6.07) is 7.69. The molecule has 0 spiro atoms. The Morgan fingerprint density at radius 1 is 1.53 bits per heavy atom. The first-order valence-corrected chi connectivity index (χ1v) is 6.89. The van der Waals surface area contributed by atoms with Crippen LogP contribution in [0.2, 0.25) is 0 Å². The maximum absolute atomic E-state index is 12.2. The van der Waals surface area contributed by atoms with Crippen LogP contribution >= 0.6 is 12.2 Å². The van der Waals surface area contributed by atoms with Crippen molar-refractivity contribution >= 4 is 28.9 Å². The van der Waals surface area contributed by atoms with Gasteiger partial charge in [-0.2, -0.15) is 0 Å². The minimum absolute atomic E-state index is 0.0773. The van der Waals surface area contributed by atoms with Gasteiger partial charge in [-0.25, -0.2) is 4.79 Å². The van der Waals surface area contributed by atoms with Gasteiger partial charge in [0.25, 0.3) is 0 Å². The van der Waals surface area contributed by atoms with E-state index < -0.39 is 0 Å². The van der Waals surface area contributed by atoms with E-state index >= 15 is 0 Å². The van der Waals surface area contributed by atoms with Crippen molar-refractivity contribution in [2.45, 2.75) is 19.8 Å². The first-order chi connectivity index (χ1) is 9.06. The summed E-state index contributed by atoms with van der Waals surface area (Å²) < 4.78 is 0. The number of carbonyl (C=O) groups is 1. The fraction of sp³-hybridized carbons (Fsp3) is 0.429. The van der Waals surface area contributed by atoms with E-state index in [1.54, 1.807) is 4.90 Å². The Morgan fingerprint density at radius 3 is 3.00 bits per heavy atom. The number of amides is 2. The third-order valence-corrected chi connectivity index (χ3v) is 3.71. The van der Waals surface area contributed by atoms with Crippen molar-refractivity contribution in [2.24, 2.45) is 11.7 Å². The molecule has 1 aromatic carbocycles. The number of nitrogens with two attached hydrogens (primary N) is 1. The van der Waals surface area contributed by atoms with Crippen LogP contribution in [-0.4, -0.2) is 29.0 Å². The first-order valence-electron chi connectivity index (χ1n) is 6.48. The lowest BCUT2D eigenvalue weighted by atomic mass is 9.98. The van der Waals surface area contributed by atoms with Crippen LogP contribution in [0.15, 0.2) is 24.3 Å². The van der Waals surface area contributed by atoms with Crippen molar-refractivity contribution in [2.75, 3.05) is 18.4 Å². The van der Waals surface area contributed by atoms with Crippen molar-refractivity contribution in [3.05, 3.63) is 29.8 Å². The summed E-state index contributed by atoms with van der Waals surface area (Å²) in [5.74, 6) is 0.145. The molecule has 19 heavy (non-hydrogen) atoms. The number of nitrogens with zero attached hydrogens (tertiary/aromatic N) is 1. The van der Waals surface area contributed by atoms with Crippen molar-refractivity contribution in [3.63, 3.8) is 0 Å². The second kappa shape index (κ2) is 6.02. The van der Waals surface area contributed by atoms with Gasteiger partial charge in [-0.15, -0.1) is 0 Å². The van der Waals surface area contributed by atoms with E-state index in [-0.39, 0.29) is 11.9 Å². The van der Waals surface area contributed by atoms with E-state index in [2.05, 4.69) is 5.32 Å². The average molecular weight is 277 g/mol. The van der Waals surface area contributed by atoms with Gasteiger partial charge in [-0.3, -0.25) is 0 Å². The number of benzene rings is 1. The van der Waals surface area contributed by atoms with Gasteiger partial charge in [-0.1, -0.05) is 24.4 Å². The summed E-state index contributed by atoms with van der Waals surface area (Å²) in [4.78, 5) is 14.5. The van der Waals surface area contributed by atoms with Crippen LogP contribution < -0.4 is 11.1 Å². The third kappa shape index (κ3) is 3.67. The summed E-state index contributed by atoms with van der Waals surface area (Å²) in [6.07, 6.45) is 1.92. The minimum atomic E-state index is -0.0773. The highest BCUT2D eigenvalue weighted by atomic mass is 32.1. The van der Waals surface area contributed by atoms with Crippen LogP contribution in [0.3, 0.4) is 0 Å². The number of nitrogens with one attached hydrogen (secondary N) is 1. The SMILES string of the molecule is Cc1cccc(NC(=O)N2CCCC(C(N)=S)C2)c1. The Labute approximate surface area is 119 Å². The number of piperidine rings is 1. The smallest absolute Gasteiger partial charge is 0.321 e. The lowest BCUT2D eigenvalue weighted by Gasteiger charge is -2.32. The lowest BCUT2D eigenvalue weighted by molar-refractivity contribution is 0.191. The van der Waals surface area contributed by atoms with E-state index in [0.717, 1.165) is 30.6 Å². The normalized spacial score (nSPS) is 19.0. The van der Waals surface area contributed by atoms with Gasteiger partial charge in [0.2, 0.25) is 0 Å². The van der Waals surface area contributed by atoms with Crippen LogP contribution in [0.5, 0.6) is 0 Å². The average Bonchev–Trinajstić information content (AvgIpc) is 2.39. The molecule has 1 aromatic rings. The number of rotatable bonds is 2. The highest BCUT2D eigenvalue weighted by molar-refractivity contribution is 7.80. The monoisotopic (exact) mass is 277 g/mol. The standard InChI is InChI=1S/C14H19N3OS/c1-10-4-2-6-12(8-10)16-14(18)17-7-3-5-11(9-17)13(15)19/h2,4,6,8,11H,3,5,7,9H2,1H3,(H2,15,19)(H,16,18). The van der Waals surface area contributed by atoms with E-state index in [1.807, 2.05) is 31.2 Å². The Kier molecular flexibility index (Phi) is 4.37. The molecule has 1 atom stereocenters. The Bertz CT molecular complexity index is 489. The van der Waals surface area contributed by atoms with E-state index in [9.17, 15) is 4.79 Å². The number of anilines is 1. The van der Waals surface area contributed by atoms with Crippen molar-refractivity contribution in [3.8, 4) is 0 Å². The predicted octanol–water partition coefficient (Wildman–Crippen LogP) is 2.53. The Balaban J connectivity index is 1.98. The molecule has 1 fully saturated rings. The summed E-state index contributed by atoms with van der Waals surface area (Å²) in [6.45, 7) is 3.38. The molecule has 3 N–H and O–H groups in total. The first kappa shape index (κ1) is 13.8. The molecule has 0 bridgehead atoms. The zero-order valence-electron chi connectivity index (χ0n) is 11.1. The number of hydrogen-bond acceptors (Lipinski definition) is 2. The molecule has 0 radical (unpaired) electrons. The van der Waals surface area contributed by atoms with E-state index in [4.69, 9.17) is 18.0 Å². The van der Waals surface area contributed by atoms with Crippen molar-refractivity contribution < 1.29 is 4.79 Å². The Hall–Kier alpha value is -1.62. The van der Waals surface area contributed by atoms with Crippen molar-refractivity contribution in [1.29, 1.82) is 0 Å². The van der Waals surface area contributed by atoms with Gasteiger partial charge >= 0.3 is 6.03 Å². The lowest BCUT2D eigenvalue weighted by Crippen LogP contribution is -2.45. The van der Waals surface area contributed by atoms with Crippen LogP contribution in [0.25, 0.3) is 0 Å². The molecule has 1 heterocycles. The summed E-state index contributed by atoms with van der Waals surface area (Å²) >= 11 is 5.02. The van der Waals surface area contributed by atoms with Gasteiger partial charge in [0, 0.05) is 24.7 Å². The molecule has 5 heteroatoms. The number of carbonyl (C=O) groups excluding carboxylic acids is 1.